The number of nitrogens with zero attached hydrogens (tertiary/aromatic N) is 4. The first-order chi connectivity index (χ1) is 14.5. The Hall–Kier alpha value is -3.68. The molecule has 150 valence electrons. The maximum Gasteiger partial charge on any atom is 0.263 e. The van der Waals surface area contributed by atoms with Gasteiger partial charge < -0.3 is 4.74 Å². The van der Waals surface area contributed by atoms with Gasteiger partial charge in [-0.15, -0.1) is 11.3 Å². The maximum atomic E-state index is 12.6. The van der Waals surface area contributed by atoms with Crippen LogP contribution >= 0.6 is 11.3 Å². The molecular weight excluding hydrogens is 422 g/mol. The molecule has 0 fully saturated rings. The number of para-hydroxylation sites is 1. The van der Waals surface area contributed by atoms with Crippen molar-refractivity contribution >= 4 is 26.5 Å². The molecule has 10 heteroatoms. The number of thiazole rings is 1. The summed E-state index contributed by atoms with van der Waals surface area (Å²) in [5, 5.41) is 15.7. The van der Waals surface area contributed by atoms with Gasteiger partial charge in [0.1, 0.15) is 17.6 Å². The summed E-state index contributed by atoms with van der Waals surface area (Å²) in [6.45, 7) is 0. The lowest BCUT2D eigenvalue weighted by molar-refractivity contribution is 0.481. The van der Waals surface area contributed by atoms with Crippen LogP contribution in [0.2, 0.25) is 0 Å². The fourth-order valence-electron chi connectivity index (χ4n) is 2.82. The zero-order valence-corrected chi connectivity index (χ0v) is 17.3. The van der Waals surface area contributed by atoms with E-state index in [1.54, 1.807) is 22.3 Å². The Morgan fingerprint density at radius 2 is 1.97 bits per heavy atom. The van der Waals surface area contributed by atoms with Crippen LogP contribution in [0.15, 0.2) is 71.2 Å². The molecule has 2 aromatic heterocycles. The first kappa shape index (κ1) is 19.6. The average molecular weight is 438 g/mol. The summed E-state index contributed by atoms with van der Waals surface area (Å²) in [7, 11) is -2.05. The topological polar surface area (TPSA) is 110 Å². The fraction of sp³-hybridized carbons (Fsp3) is 0.0500. The lowest BCUT2D eigenvalue weighted by atomic mass is 10.1. The van der Waals surface area contributed by atoms with Gasteiger partial charge >= 0.3 is 0 Å². The van der Waals surface area contributed by atoms with Crippen LogP contribution < -0.4 is 9.46 Å². The highest BCUT2D eigenvalue weighted by molar-refractivity contribution is 7.93. The van der Waals surface area contributed by atoms with Gasteiger partial charge in [0.15, 0.2) is 5.13 Å². The van der Waals surface area contributed by atoms with Gasteiger partial charge in [-0.25, -0.2) is 13.4 Å². The van der Waals surface area contributed by atoms with Gasteiger partial charge in [-0.05, 0) is 36.4 Å². The first-order valence-electron chi connectivity index (χ1n) is 8.69. The minimum atomic E-state index is -3.88. The summed E-state index contributed by atoms with van der Waals surface area (Å²) in [6, 6.07) is 15.3. The Morgan fingerprint density at radius 1 is 1.13 bits per heavy atom. The molecule has 0 unspecified atom stereocenters. The molecule has 4 rings (SSSR count). The largest absolute Gasteiger partial charge is 0.455 e. The third-order valence-electron chi connectivity index (χ3n) is 4.24. The normalized spacial score (nSPS) is 11.1. The van der Waals surface area contributed by atoms with Crippen LogP contribution in [0, 0.1) is 11.3 Å². The van der Waals surface area contributed by atoms with Crippen molar-refractivity contribution in [2.45, 2.75) is 4.90 Å². The number of aromatic nitrogens is 3. The van der Waals surface area contributed by atoms with Crippen molar-refractivity contribution in [1.82, 2.24) is 14.8 Å². The van der Waals surface area contributed by atoms with Gasteiger partial charge in [0.2, 0.25) is 0 Å². The van der Waals surface area contributed by atoms with Gasteiger partial charge in [-0.1, -0.05) is 12.1 Å². The van der Waals surface area contributed by atoms with Crippen molar-refractivity contribution in [1.29, 1.82) is 5.26 Å². The second-order valence-corrected chi connectivity index (χ2v) is 8.73. The van der Waals surface area contributed by atoms with Crippen LogP contribution in [0.25, 0.3) is 11.3 Å². The minimum Gasteiger partial charge on any atom is -0.455 e. The Balaban J connectivity index is 1.68. The van der Waals surface area contributed by atoms with E-state index in [9.17, 15) is 13.7 Å². The molecule has 2 aromatic carbocycles. The van der Waals surface area contributed by atoms with Crippen molar-refractivity contribution in [2.24, 2.45) is 7.05 Å². The van der Waals surface area contributed by atoms with Crippen LogP contribution in [0.1, 0.15) is 5.56 Å². The van der Waals surface area contributed by atoms with Crippen molar-refractivity contribution in [3.63, 3.8) is 0 Å². The number of hydrogen-bond donors (Lipinski definition) is 1. The van der Waals surface area contributed by atoms with Crippen LogP contribution in [-0.4, -0.2) is 23.2 Å². The summed E-state index contributed by atoms with van der Waals surface area (Å²) >= 11 is 1.16. The summed E-state index contributed by atoms with van der Waals surface area (Å²) in [6.07, 6.45) is 3.18. The van der Waals surface area contributed by atoms with Crippen molar-refractivity contribution < 1.29 is 13.2 Å². The molecule has 0 atom stereocenters. The lowest BCUT2D eigenvalue weighted by Gasteiger charge is -2.13. The molecule has 0 saturated carbocycles. The zero-order chi connectivity index (χ0) is 21.1. The van der Waals surface area contributed by atoms with Crippen LogP contribution in [0.5, 0.6) is 11.5 Å². The van der Waals surface area contributed by atoms with E-state index >= 15 is 0 Å². The molecule has 0 saturated heterocycles. The number of ether oxygens (including phenoxy) is 1. The highest BCUT2D eigenvalue weighted by Gasteiger charge is 2.19. The minimum absolute atomic E-state index is 0.0541. The second kappa shape index (κ2) is 7.98. The highest BCUT2D eigenvalue weighted by atomic mass is 32.2. The van der Waals surface area contributed by atoms with E-state index in [0.717, 1.165) is 22.6 Å². The Kier molecular flexibility index (Phi) is 5.22. The van der Waals surface area contributed by atoms with Crippen molar-refractivity contribution in [3.8, 4) is 28.8 Å². The molecule has 30 heavy (non-hydrogen) atoms. The van der Waals surface area contributed by atoms with E-state index in [1.165, 1.54) is 24.4 Å². The Labute approximate surface area is 177 Å². The fourth-order valence-corrected chi connectivity index (χ4v) is 4.64. The maximum absolute atomic E-state index is 12.6. The number of hydrogen-bond acceptors (Lipinski definition) is 7. The van der Waals surface area contributed by atoms with E-state index in [0.29, 0.717) is 5.75 Å². The van der Waals surface area contributed by atoms with E-state index in [1.807, 2.05) is 37.4 Å². The average Bonchev–Trinajstić information content (AvgIpc) is 3.40. The first-order valence-corrected chi connectivity index (χ1v) is 11.1. The molecule has 8 nitrogen and oxygen atoms in total. The Bertz CT molecular complexity index is 1340. The number of rotatable bonds is 6. The molecule has 1 N–H and O–H groups in total. The van der Waals surface area contributed by atoms with E-state index in [4.69, 9.17) is 4.74 Å². The summed E-state index contributed by atoms with van der Waals surface area (Å²) < 4.78 is 35.3. The van der Waals surface area contributed by atoms with E-state index in [2.05, 4.69) is 14.8 Å². The Morgan fingerprint density at radius 3 is 2.67 bits per heavy atom. The molecule has 0 aliphatic rings. The summed E-state index contributed by atoms with van der Waals surface area (Å²) in [4.78, 5) is 3.86. The number of anilines is 1. The smallest absolute Gasteiger partial charge is 0.263 e. The number of nitriles is 1. The van der Waals surface area contributed by atoms with Crippen LogP contribution in [0.4, 0.5) is 5.13 Å². The standard InChI is InChI=1S/C20H15N5O3S2/c1-25-17(8-9-23-25)16-4-2-3-5-19(16)28-18-7-6-15(12-14(18)13-21)30(26,27)24-20-22-10-11-29-20/h2-12H,1H3,(H,22,24). The molecular formula is C20H15N5O3S2. The molecule has 0 aliphatic heterocycles. The van der Waals surface area contributed by atoms with Gasteiger partial charge in [-0.2, -0.15) is 10.4 Å². The van der Waals surface area contributed by atoms with Crippen molar-refractivity contribution in [3.05, 3.63) is 71.9 Å². The third-order valence-corrected chi connectivity index (χ3v) is 6.39. The number of sulfonamides is 1. The van der Waals surface area contributed by atoms with E-state index < -0.39 is 10.0 Å². The van der Waals surface area contributed by atoms with Crippen molar-refractivity contribution in [2.75, 3.05) is 4.72 Å². The summed E-state index contributed by atoms with van der Waals surface area (Å²) in [5.41, 5.74) is 1.73. The van der Waals surface area contributed by atoms with Gasteiger partial charge in [0, 0.05) is 30.4 Å². The predicted octanol–water partition coefficient (Wildman–Crippen LogP) is 4.01. The molecule has 0 radical (unpaired) electrons. The number of aryl methyl sites for hydroxylation is 1. The predicted molar refractivity (Wildman–Crippen MR) is 113 cm³/mol. The van der Waals surface area contributed by atoms with Gasteiger partial charge in [0.25, 0.3) is 10.0 Å². The van der Waals surface area contributed by atoms with Crippen LogP contribution in [-0.2, 0) is 17.1 Å². The molecule has 0 aliphatic carbocycles. The molecule has 0 spiro atoms. The SMILES string of the molecule is Cn1nccc1-c1ccccc1Oc1ccc(S(=O)(=O)Nc2nccs2)cc1C#N. The quantitative estimate of drug-likeness (QED) is 0.488. The molecule has 0 amide bonds. The third kappa shape index (κ3) is 3.89. The number of nitrogens with one attached hydrogen (secondary N) is 1. The second-order valence-electron chi connectivity index (χ2n) is 6.15. The molecule has 4 aromatic rings. The monoisotopic (exact) mass is 437 g/mol. The zero-order valence-electron chi connectivity index (χ0n) is 15.7. The molecule has 0 bridgehead atoms. The van der Waals surface area contributed by atoms with Gasteiger partial charge in [0.05, 0.1) is 16.2 Å². The highest BCUT2D eigenvalue weighted by Crippen LogP contribution is 2.35. The lowest BCUT2D eigenvalue weighted by Crippen LogP contribution is -2.13. The number of benzene rings is 2. The molecule has 2 heterocycles. The van der Waals surface area contributed by atoms with Gasteiger partial charge in [-0.3, -0.25) is 9.40 Å². The van der Waals surface area contributed by atoms with Crippen LogP contribution in [0.3, 0.4) is 0 Å². The van der Waals surface area contributed by atoms with E-state index in [-0.39, 0.29) is 21.3 Å². The summed E-state index contributed by atoms with van der Waals surface area (Å²) in [5.74, 6) is 0.773.